The summed E-state index contributed by atoms with van der Waals surface area (Å²) in [6, 6.07) is 13.0. The van der Waals surface area contributed by atoms with E-state index in [0.717, 1.165) is 0 Å². The standard InChI is InChI=1S/C17H14FN3O2/c1-10(22)19-12-5-7-13(8-6-12)20-17(23)15-9-11-3-2-4-14(18)16(11)21-15/h2-9,21H,1H3,(H,19,22)(H,20,23). The van der Waals surface area contributed by atoms with Gasteiger partial charge in [0.2, 0.25) is 5.91 Å². The van der Waals surface area contributed by atoms with Crippen LogP contribution in [0.2, 0.25) is 0 Å². The molecule has 3 aromatic rings. The average Bonchev–Trinajstić information content (AvgIpc) is 2.94. The van der Waals surface area contributed by atoms with Crippen molar-refractivity contribution in [1.29, 1.82) is 0 Å². The molecule has 6 heteroatoms. The number of fused-ring (bicyclic) bond motifs is 1. The Morgan fingerprint density at radius 3 is 2.26 bits per heavy atom. The van der Waals surface area contributed by atoms with Crippen LogP contribution in [0.15, 0.2) is 48.5 Å². The predicted octanol–water partition coefficient (Wildman–Crippen LogP) is 3.52. The van der Waals surface area contributed by atoms with Crippen LogP contribution in [-0.4, -0.2) is 16.8 Å². The van der Waals surface area contributed by atoms with Crippen molar-refractivity contribution in [1.82, 2.24) is 4.98 Å². The van der Waals surface area contributed by atoms with Crippen molar-refractivity contribution in [2.75, 3.05) is 10.6 Å². The second kappa shape index (κ2) is 5.92. The Bertz CT molecular complexity index is 884. The first-order valence-electron chi connectivity index (χ1n) is 6.99. The third kappa shape index (κ3) is 3.21. The summed E-state index contributed by atoms with van der Waals surface area (Å²) < 4.78 is 13.6. The number of para-hydroxylation sites is 1. The van der Waals surface area contributed by atoms with E-state index in [9.17, 15) is 14.0 Å². The van der Waals surface area contributed by atoms with Crippen molar-refractivity contribution in [2.24, 2.45) is 0 Å². The van der Waals surface area contributed by atoms with Crippen molar-refractivity contribution in [3.8, 4) is 0 Å². The summed E-state index contributed by atoms with van der Waals surface area (Å²) in [4.78, 5) is 26.0. The van der Waals surface area contributed by atoms with Gasteiger partial charge in [-0.1, -0.05) is 12.1 Å². The average molecular weight is 311 g/mol. The minimum Gasteiger partial charge on any atom is -0.348 e. The molecular weight excluding hydrogens is 297 g/mol. The van der Waals surface area contributed by atoms with E-state index in [4.69, 9.17) is 0 Å². The minimum atomic E-state index is -0.402. The first kappa shape index (κ1) is 14.8. The third-order valence-electron chi connectivity index (χ3n) is 3.31. The molecule has 5 nitrogen and oxygen atoms in total. The van der Waals surface area contributed by atoms with Gasteiger partial charge in [-0.15, -0.1) is 0 Å². The van der Waals surface area contributed by atoms with Gasteiger partial charge < -0.3 is 15.6 Å². The molecule has 0 atom stereocenters. The predicted molar refractivity (Wildman–Crippen MR) is 87.0 cm³/mol. The molecule has 0 aliphatic rings. The normalized spacial score (nSPS) is 10.5. The van der Waals surface area contributed by atoms with E-state index >= 15 is 0 Å². The summed E-state index contributed by atoms with van der Waals surface area (Å²) in [5, 5.41) is 5.99. The van der Waals surface area contributed by atoms with E-state index in [-0.39, 0.29) is 17.5 Å². The number of aromatic nitrogens is 1. The van der Waals surface area contributed by atoms with Crippen LogP contribution in [0.3, 0.4) is 0 Å². The van der Waals surface area contributed by atoms with E-state index in [1.165, 1.54) is 13.0 Å². The van der Waals surface area contributed by atoms with Crippen LogP contribution >= 0.6 is 0 Å². The van der Waals surface area contributed by atoms with Crippen LogP contribution in [-0.2, 0) is 4.79 Å². The zero-order chi connectivity index (χ0) is 16.4. The zero-order valence-electron chi connectivity index (χ0n) is 12.3. The number of H-pyrrole nitrogens is 1. The van der Waals surface area contributed by atoms with Gasteiger partial charge in [-0.25, -0.2) is 4.39 Å². The number of aromatic amines is 1. The van der Waals surface area contributed by atoms with E-state index in [1.807, 2.05) is 0 Å². The molecule has 0 spiro atoms. The fourth-order valence-corrected chi connectivity index (χ4v) is 2.28. The smallest absolute Gasteiger partial charge is 0.272 e. The minimum absolute atomic E-state index is 0.165. The third-order valence-corrected chi connectivity index (χ3v) is 3.31. The summed E-state index contributed by atoms with van der Waals surface area (Å²) in [6.45, 7) is 1.42. The molecule has 0 bridgehead atoms. The van der Waals surface area contributed by atoms with Crippen molar-refractivity contribution in [2.45, 2.75) is 6.92 Å². The van der Waals surface area contributed by atoms with Crippen LogP contribution in [0.4, 0.5) is 15.8 Å². The molecule has 2 aromatic carbocycles. The molecule has 116 valence electrons. The highest BCUT2D eigenvalue weighted by atomic mass is 19.1. The molecule has 0 fully saturated rings. The summed E-state index contributed by atoms with van der Waals surface area (Å²) in [6.07, 6.45) is 0. The maximum Gasteiger partial charge on any atom is 0.272 e. The van der Waals surface area contributed by atoms with Crippen molar-refractivity contribution >= 4 is 34.1 Å². The number of benzene rings is 2. The topological polar surface area (TPSA) is 74.0 Å². The zero-order valence-corrected chi connectivity index (χ0v) is 12.3. The van der Waals surface area contributed by atoms with Crippen LogP contribution in [0.1, 0.15) is 17.4 Å². The lowest BCUT2D eigenvalue weighted by atomic mass is 10.2. The Labute approximate surface area is 131 Å². The lowest BCUT2D eigenvalue weighted by Gasteiger charge is -2.06. The number of anilines is 2. The molecule has 0 unspecified atom stereocenters. The van der Waals surface area contributed by atoms with Crippen molar-refractivity contribution in [3.63, 3.8) is 0 Å². The lowest BCUT2D eigenvalue weighted by molar-refractivity contribution is -0.114. The molecular formula is C17H14FN3O2. The monoisotopic (exact) mass is 311 g/mol. The molecule has 0 saturated carbocycles. The Balaban J connectivity index is 1.77. The van der Waals surface area contributed by atoms with E-state index in [2.05, 4.69) is 15.6 Å². The highest BCUT2D eigenvalue weighted by molar-refractivity contribution is 6.06. The first-order valence-corrected chi connectivity index (χ1v) is 6.99. The number of rotatable bonds is 3. The molecule has 23 heavy (non-hydrogen) atoms. The van der Waals surface area contributed by atoms with E-state index in [0.29, 0.717) is 22.3 Å². The number of amides is 2. The van der Waals surface area contributed by atoms with Crippen molar-refractivity contribution < 1.29 is 14.0 Å². The maximum atomic E-state index is 13.6. The van der Waals surface area contributed by atoms with Crippen LogP contribution in [0.5, 0.6) is 0 Å². The Hall–Kier alpha value is -3.15. The van der Waals surface area contributed by atoms with E-state index in [1.54, 1.807) is 42.5 Å². The van der Waals surface area contributed by atoms with Gasteiger partial charge in [0.25, 0.3) is 5.91 Å². The molecule has 0 aliphatic carbocycles. The van der Waals surface area contributed by atoms with Gasteiger partial charge in [0.05, 0.1) is 5.52 Å². The molecule has 0 saturated heterocycles. The fraction of sp³-hybridized carbons (Fsp3) is 0.0588. The Morgan fingerprint density at radius 1 is 1.00 bits per heavy atom. The summed E-state index contributed by atoms with van der Waals surface area (Å²) in [5.74, 6) is -0.934. The molecule has 1 heterocycles. The Kier molecular flexibility index (Phi) is 3.80. The number of carbonyl (C=O) groups is 2. The first-order chi connectivity index (χ1) is 11.0. The lowest BCUT2D eigenvalue weighted by Crippen LogP contribution is -2.12. The van der Waals surface area contributed by atoms with Crippen LogP contribution in [0, 0.1) is 5.82 Å². The van der Waals surface area contributed by atoms with E-state index < -0.39 is 5.82 Å². The summed E-state index contributed by atoms with van der Waals surface area (Å²) in [7, 11) is 0. The number of hydrogen-bond acceptors (Lipinski definition) is 2. The quantitative estimate of drug-likeness (QED) is 0.692. The molecule has 2 amide bonds. The number of carbonyl (C=O) groups excluding carboxylic acids is 2. The number of nitrogens with one attached hydrogen (secondary N) is 3. The van der Waals surface area contributed by atoms with Gasteiger partial charge in [-0.3, -0.25) is 9.59 Å². The molecule has 3 rings (SSSR count). The summed E-state index contributed by atoms with van der Waals surface area (Å²) in [5.41, 5.74) is 1.79. The number of halogens is 1. The molecule has 3 N–H and O–H groups in total. The van der Waals surface area contributed by atoms with Gasteiger partial charge in [0, 0.05) is 23.7 Å². The molecule has 1 aromatic heterocycles. The second-order valence-electron chi connectivity index (χ2n) is 5.10. The SMILES string of the molecule is CC(=O)Nc1ccc(NC(=O)c2cc3cccc(F)c3[nH]2)cc1. The van der Waals surface area contributed by atoms with Crippen LogP contribution < -0.4 is 10.6 Å². The Morgan fingerprint density at radius 2 is 1.65 bits per heavy atom. The van der Waals surface area contributed by atoms with Gasteiger partial charge in [-0.2, -0.15) is 0 Å². The maximum absolute atomic E-state index is 13.6. The van der Waals surface area contributed by atoms with Gasteiger partial charge >= 0.3 is 0 Å². The van der Waals surface area contributed by atoms with Gasteiger partial charge in [-0.05, 0) is 36.4 Å². The van der Waals surface area contributed by atoms with Gasteiger partial charge in [0.1, 0.15) is 11.5 Å². The fourth-order valence-electron chi connectivity index (χ4n) is 2.28. The largest absolute Gasteiger partial charge is 0.348 e. The second-order valence-corrected chi connectivity index (χ2v) is 5.10. The number of hydrogen-bond donors (Lipinski definition) is 3. The highest BCUT2D eigenvalue weighted by Gasteiger charge is 2.11. The summed E-state index contributed by atoms with van der Waals surface area (Å²) >= 11 is 0. The highest BCUT2D eigenvalue weighted by Crippen LogP contribution is 2.20. The molecule has 0 aliphatic heterocycles. The van der Waals surface area contributed by atoms with Crippen molar-refractivity contribution in [3.05, 3.63) is 60.0 Å². The molecule has 0 radical (unpaired) electrons. The van der Waals surface area contributed by atoms with Crippen LogP contribution in [0.25, 0.3) is 10.9 Å². The van der Waals surface area contributed by atoms with Gasteiger partial charge in [0.15, 0.2) is 0 Å².